The number of rotatable bonds is 3. The molecule has 0 N–H and O–H groups in total. The van der Waals surface area contributed by atoms with E-state index in [4.69, 9.17) is 0 Å². The Morgan fingerprint density at radius 3 is 1.89 bits per heavy atom. The monoisotopic (exact) mass is 151 g/mol. The zero-order chi connectivity index (χ0) is 7.49. The second-order valence-electron chi connectivity index (χ2n) is 2.10. The first-order valence-corrected chi connectivity index (χ1v) is 4.52. The number of hydrogen-bond donors (Lipinski definition) is 0. The Morgan fingerprint density at radius 2 is 1.78 bits per heavy atom. The Balaban J connectivity index is 4.05. The van der Waals surface area contributed by atoms with Gasteiger partial charge in [-0.3, -0.25) is 0 Å². The molecule has 0 saturated carbocycles. The molecule has 0 aromatic rings. The minimum atomic E-state index is -2.91. The summed E-state index contributed by atoms with van der Waals surface area (Å²) in [6.07, 6.45) is 0.681. The zero-order valence-corrected chi connectivity index (χ0v) is 6.90. The van der Waals surface area contributed by atoms with Crippen LogP contribution in [0.2, 0.25) is 0 Å². The van der Waals surface area contributed by atoms with Crippen LogP contribution in [0.15, 0.2) is 0 Å². The second kappa shape index (κ2) is 3.17. The van der Waals surface area contributed by atoms with Crippen molar-refractivity contribution in [2.45, 2.75) is 13.3 Å². The normalized spacial score (nSPS) is 12.4. The molecule has 3 nitrogen and oxygen atoms in total. The predicted molar refractivity (Wildman–Crippen MR) is 37.8 cm³/mol. The molecular formula is C5H13NO2S. The third-order valence-corrected chi connectivity index (χ3v) is 3.06. The lowest BCUT2D eigenvalue weighted by Gasteiger charge is -2.08. The molecule has 56 valence electrons. The molecule has 0 atom stereocenters. The molecule has 0 bridgehead atoms. The van der Waals surface area contributed by atoms with E-state index in [0.29, 0.717) is 6.42 Å². The van der Waals surface area contributed by atoms with Crippen LogP contribution in [0.4, 0.5) is 0 Å². The van der Waals surface area contributed by atoms with E-state index < -0.39 is 10.0 Å². The van der Waals surface area contributed by atoms with Gasteiger partial charge in [0, 0.05) is 14.1 Å². The summed E-state index contributed by atoms with van der Waals surface area (Å²) in [4.78, 5) is 0. The Morgan fingerprint density at radius 1 is 1.33 bits per heavy atom. The van der Waals surface area contributed by atoms with E-state index in [0.717, 1.165) is 0 Å². The minimum Gasteiger partial charge on any atom is -0.212 e. The molecule has 0 aliphatic heterocycles. The van der Waals surface area contributed by atoms with Crippen molar-refractivity contribution in [3.63, 3.8) is 0 Å². The van der Waals surface area contributed by atoms with E-state index in [1.54, 1.807) is 14.1 Å². The standard InChI is InChI=1S/C5H13NO2S/c1-4-5-9(7,8)6(2)3/h4-5H2,1-3H3. The van der Waals surface area contributed by atoms with Gasteiger partial charge in [-0.2, -0.15) is 0 Å². The van der Waals surface area contributed by atoms with Crippen LogP contribution in [0.1, 0.15) is 13.3 Å². The minimum absolute atomic E-state index is 0.250. The van der Waals surface area contributed by atoms with Crippen molar-refractivity contribution in [1.82, 2.24) is 4.31 Å². The first-order valence-electron chi connectivity index (χ1n) is 2.91. The predicted octanol–water partition coefficient (Wildman–Crippen LogP) is 0.288. The van der Waals surface area contributed by atoms with Crippen LogP contribution in [0.3, 0.4) is 0 Å². The summed E-state index contributed by atoms with van der Waals surface area (Å²) in [6, 6.07) is 0. The maximum atomic E-state index is 10.9. The van der Waals surface area contributed by atoms with Crippen LogP contribution in [0, 0.1) is 0 Å². The summed E-state index contributed by atoms with van der Waals surface area (Å²) < 4.78 is 23.0. The Labute approximate surface area is 56.7 Å². The third kappa shape index (κ3) is 2.81. The highest BCUT2D eigenvalue weighted by Crippen LogP contribution is 1.94. The second-order valence-corrected chi connectivity index (χ2v) is 4.40. The van der Waals surface area contributed by atoms with Gasteiger partial charge in [0.2, 0.25) is 10.0 Å². The van der Waals surface area contributed by atoms with Crippen molar-refractivity contribution in [2.75, 3.05) is 19.8 Å². The van der Waals surface area contributed by atoms with Crippen LogP contribution in [0.25, 0.3) is 0 Å². The molecule has 0 fully saturated rings. The molecule has 0 radical (unpaired) electrons. The number of sulfonamides is 1. The van der Waals surface area contributed by atoms with Crippen LogP contribution in [-0.4, -0.2) is 32.6 Å². The molecule has 0 aromatic heterocycles. The van der Waals surface area contributed by atoms with E-state index in [-0.39, 0.29) is 5.75 Å². The molecule has 0 aliphatic rings. The Hall–Kier alpha value is -0.0900. The summed E-state index contributed by atoms with van der Waals surface area (Å²) in [5, 5.41) is 0. The molecule has 0 heterocycles. The van der Waals surface area contributed by atoms with Gasteiger partial charge in [0.05, 0.1) is 5.75 Å². The van der Waals surface area contributed by atoms with Crippen molar-refractivity contribution in [3.8, 4) is 0 Å². The summed E-state index contributed by atoms with van der Waals surface area (Å²) >= 11 is 0. The van der Waals surface area contributed by atoms with Crippen molar-refractivity contribution in [3.05, 3.63) is 0 Å². The highest BCUT2D eigenvalue weighted by Gasteiger charge is 2.10. The molecule has 4 heteroatoms. The maximum absolute atomic E-state index is 10.9. The molecule has 0 unspecified atom stereocenters. The largest absolute Gasteiger partial charge is 0.213 e. The van der Waals surface area contributed by atoms with E-state index in [9.17, 15) is 8.42 Å². The van der Waals surface area contributed by atoms with Gasteiger partial charge in [0.15, 0.2) is 0 Å². The fourth-order valence-corrected chi connectivity index (χ4v) is 1.32. The van der Waals surface area contributed by atoms with E-state index in [1.807, 2.05) is 6.92 Å². The zero-order valence-electron chi connectivity index (χ0n) is 6.09. The number of nitrogens with zero attached hydrogens (tertiary/aromatic N) is 1. The Kier molecular flexibility index (Phi) is 3.14. The smallest absolute Gasteiger partial charge is 0.212 e. The van der Waals surface area contributed by atoms with Crippen molar-refractivity contribution in [1.29, 1.82) is 0 Å². The van der Waals surface area contributed by atoms with Crippen molar-refractivity contribution >= 4 is 10.0 Å². The van der Waals surface area contributed by atoms with Gasteiger partial charge >= 0.3 is 0 Å². The summed E-state index contributed by atoms with van der Waals surface area (Å²) in [6.45, 7) is 1.85. The Bertz CT molecular complexity index is 160. The molecular weight excluding hydrogens is 138 g/mol. The van der Waals surface area contributed by atoms with Crippen LogP contribution < -0.4 is 0 Å². The highest BCUT2D eigenvalue weighted by atomic mass is 32.2. The van der Waals surface area contributed by atoms with Gasteiger partial charge in [-0.15, -0.1) is 0 Å². The molecule has 0 aromatic carbocycles. The first kappa shape index (κ1) is 8.91. The average molecular weight is 151 g/mol. The fourth-order valence-electron chi connectivity index (χ4n) is 0.441. The average Bonchev–Trinajstić information content (AvgIpc) is 1.65. The van der Waals surface area contributed by atoms with E-state index in [2.05, 4.69) is 0 Å². The molecule has 0 rings (SSSR count). The van der Waals surface area contributed by atoms with Crippen molar-refractivity contribution in [2.24, 2.45) is 0 Å². The quantitative estimate of drug-likeness (QED) is 0.581. The summed E-state index contributed by atoms with van der Waals surface area (Å²) in [7, 11) is 0.178. The molecule has 0 spiro atoms. The highest BCUT2D eigenvalue weighted by molar-refractivity contribution is 7.89. The van der Waals surface area contributed by atoms with Crippen molar-refractivity contribution < 1.29 is 8.42 Å². The molecule has 0 saturated heterocycles. The summed E-state index contributed by atoms with van der Waals surface area (Å²) in [5.41, 5.74) is 0. The number of hydrogen-bond acceptors (Lipinski definition) is 2. The van der Waals surface area contributed by atoms with Gasteiger partial charge in [-0.1, -0.05) is 6.92 Å². The van der Waals surface area contributed by atoms with Gasteiger partial charge in [0.25, 0.3) is 0 Å². The van der Waals surface area contributed by atoms with Gasteiger partial charge in [0.1, 0.15) is 0 Å². The van der Waals surface area contributed by atoms with E-state index >= 15 is 0 Å². The van der Waals surface area contributed by atoms with Gasteiger partial charge < -0.3 is 0 Å². The van der Waals surface area contributed by atoms with Gasteiger partial charge in [-0.05, 0) is 6.42 Å². The van der Waals surface area contributed by atoms with Crippen LogP contribution in [-0.2, 0) is 10.0 Å². The topological polar surface area (TPSA) is 37.4 Å². The lowest BCUT2D eigenvalue weighted by molar-refractivity contribution is 0.519. The summed E-state index contributed by atoms with van der Waals surface area (Å²) in [5.74, 6) is 0.250. The first-order chi connectivity index (χ1) is 4.00. The van der Waals surface area contributed by atoms with Crippen LogP contribution in [0.5, 0.6) is 0 Å². The molecule has 9 heavy (non-hydrogen) atoms. The lowest BCUT2D eigenvalue weighted by atomic mass is 10.6. The third-order valence-electron chi connectivity index (χ3n) is 1.02. The van der Waals surface area contributed by atoms with E-state index in [1.165, 1.54) is 4.31 Å². The molecule has 0 amide bonds. The van der Waals surface area contributed by atoms with Crippen LogP contribution >= 0.6 is 0 Å². The SMILES string of the molecule is CCCS(=O)(=O)N(C)C. The fraction of sp³-hybridized carbons (Fsp3) is 1.00. The molecule has 0 aliphatic carbocycles. The lowest BCUT2D eigenvalue weighted by Crippen LogP contribution is -2.24. The maximum Gasteiger partial charge on any atom is 0.213 e. The van der Waals surface area contributed by atoms with Gasteiger partial charge in [-0.25, -0.2) is 12.7 Å².